The monoisotopic (exact) mass is 354 g/mol. The highest BCUT2D eigenvalue weighted by Crippen LogP contribution is 2.30. The van der Waals surface area contributed by atoms with Gasteiger partial charge >= 0.3 is 0 Å². The van der Waals surface area contributed by atoms with Gasteiger partial charge in [-0.25, -0.2) is 0 Å². The molecule has 2 aliphatic heterocycles. The van der Waals surface area contributed by atoms with E-state index >= 15 is 0 Å². The average Bonchev–Trinajstić information content (AvgIpc) is 3.35. The molecule has 6 heteroatoms. The summed E-state index contributed by atoms with van der Waals surface area (Å²) in [6.45, 7) is 2.96. The van der Waals surface area contributed by atoms with Crippen LogP contribution in [-0.2, 0) is 4.79 Å². The second-order valence-electron chi connectivity index (χ2n) is 6.88. The van der Waals surface area contributed by atoms with Crippen molar-refractivity contribution in [1.29, 1.82) is 5.26 Å². The van der Waals surface area contributed by atoms with E-state index in [2.05, 4.69) is 45.9 Å². The third-order valence-corrected chi connectivity index (χ3v) is 6.16. The van der Waals surface area contributed by atoms with Crippen LogP contribution in [0.5, 0.6) is 0 Å². The van der Waals surface area contributed by atoms with Crippen LogP contribution in [0.4, 0.5) is 5.69 Å². The summed E-state index contributed by atoms with van der Waals surface area (Å²) in [4.78, 5) is 16.5. The van der Waals surface area contributed by atoms with Crippen molar-refractivity contribution in [1.82, 2.24) is 9.80 Å². The van der Waals surface area contributed by atoms with Gasteiger partial charge in [0.05, 0.1) is 23.0 Å². The molecule has 5 nitrogen and oxygen atoms in total. The van der Waals surface area contributed by atoms with Crippen LogP contribution in [0.3, 0.4) is 0 Å². The zero-order valence-electron chi connectivity index (χ0n) is 14.1. The number of likely N-dealkylation sites (tertiary alicyclic amines) is 2. The highest BCUT2D eigenvalue weighted by Gasteiger charge is 2.31. The van der Waals surface area contributed by atoms with Crippen molar-refractivity contribution in [2.75, 3.05) is 31.5 Å². The van der Waals surface area contributed by atoms with Crippen LogP contribution in [0.25, 0.3) is 10.1 Å². The number of carbonyl (C=O) groups is 1. The van der Waals surface area contributed by atoms with Gasteiger partial charge in [-0.3, -0.25) is 9.69 Å². The van der Waals surface area contributed by atoms with Crippen molar-refractivity contribution < 1.29 is 4.79 Å². The lowest BCUT2D eigenvalue weighted by Gasteiger charge is -2.23. The number of amides is 1. The molecule has 1 aromatic carbocycles. The molecule has 0 bridgehead atoms. The Bertz CT molecular complexity index is 811. The number of thiophene rings is 1. The SMILES string of the molecule is N#C[C@@H]1CCCN1C(=O)CN1CC[C@H](Nc2cccc3ccsc23)C1. The van der Waals surface area contributed by atoms with Gasteiger partial charge in [0.15, 0.2) is 0 Å². The van der Waals surface area contributed by atoms with Gasteiger partial charge in [0.2, 0.25) is 5.91 Å². The van der Waals surface area contributed by atoms with E-state index in [-0.39, 0.29) is 11.9 Å². The Morgan fingerprint density at radius 1 is 1.32 bits per heavy atom. The summed E-state index contributed by atoms with van der Waals surface area (Å²) in [6, 6.07) is 10.9. The summed E-state index contributed by atoms with van der Waals surface area (Å²) >= 11 is 1.76. The zero-order chi connectivity index (χ0) is 17.2. The quantitative estimate of drug-likeness (QED) is 0.917. The normalized spacial score (nSPS) is 23.9. The first-order valence-electron chi connectivity index (χ1n) is 8.89. The molecule has 3 heterocycles. The maximum absolute atomic E-state index is 12.5. The number of carbonyl (C=O) groups excluding carboxylic acids is 1. The third kappa shape index (κ3) is 3.35. The number of nitrogens with one attached hydrogen (secondary N) is 1. The molecule has 0 saturated carbocycles. The maximum atomic E-state index is 12.5. The Kier molecular flexibility index (Phi) is 4.60. The lowest BCUT2D eigenvalue weighted by molar-refractivity contribution is -0.132. The Labute approximate surface area is 151 Å². The molecule has 2 saturated heterocycles. The van der Waals surface area contributed by atoms with Crippen LogP contribution in [0, 0.1) is 11.3 Å². The smallest absolute Gasteiger partial charge is 0.237 e. The number of nitrogens with zero attached hydrogens (tertiary/aromatic N) is 3. The molecular weight excluding hydrogens is 332 g/mol. The molecule has 0 radical (unpaired) electrons. The maximum Gasteiger partial charge on any atom is 0.237 e. The zero-order valence-corrected chi connectivity index (χ0v) is 15.0. The van der Waals surface area contributed by atoms with E-state index in [1.165, 1.54) is 15.8 Å². The Hall–Kier alpha value is -2.10. The molecule has 0 aliphatic carbocycles. The van der Waals surface area contributed by atoms with Crippen molar-refractivity contribution in [2.24, 2.45) is 0 Å². The number of fused-ring (bicyclic) bond motifs is 1. The predicted octanol–water partition coefficient (Wildman–Crippen LogP) is 2.90. The molecule has 1 N–H and O–H groups in total. The van der Waals surface area contributed by atoms with Crippen molar-refractivity contribution in [3.63, 3.8) is 0 Å². The molecule has 2 aliphatic rings. The highest BCUT2D eigenvalue weighted by molar-refractivity contribution is 7.17. The summed E-state index contributed by atoms with van der Waals surface area (Å²) in [6.07, 6.45) is 2.80. The first kappa shape index (κ1) is 16.4. The lowest BCUT2D eigenvalue weighted by atomic mass is 10.2. The highest BCUT2D eigenvalue weighted by atomic mass is 32.1. The number of hydrogen-bond donors (Lipinski definition) is 1. The molecular formula is C19H22N4OS. The third-order valence-electron chi connectivity index (χ3n) is 5.19. The largest absolute Gasteiger partial charge is 0.380 e. The van der Waals surface area contributed by atoms with Gasteiger partial charge in [0.25, 0.3) is 0 Å². The van der Waals surface area contributed by atoms with Crippen LogP contribution in [0.1, 0.15) is 19.3 Å². The summed E-state index contributed by atoms with van der Waals surface area (Å²) in [5.74, 6) is 0.102. The molecule has 2 atom stereocenters. The van der Waals surface area contributed by atoms with Gasteiger partial charge in [-0.2, -0.15) is 5.26 Å². The van der Waals surface area contributed by atoms with Crippen LogP contribution in [-0.4, -0.2) is 54.0 Å². The van der Waals surface area contributed by atoms with E-state index in [9.17, 15) is 4.79 Å². The fourth-order valence-corrected chi connectivity index (χ4v) is 4.78. The molecule has 0 spiro atoms. The first-order chi connectivity index (χ1) is 12.2. The first-order valence-corrected chi connectivity index (χ1v) is 9.77. The van der Waals surface area contributed by atoms with Gasteiger partial charge in [0, 0.05) is 25.7 Å². The minimum atomic E-state index is -0.222. The van der Waals surface area contributed by atoms with Crippen molar-refractivity contribution in [3.8, 4) is 6.07 Å². The summed E-state index contributed by atoms with van der Waals surface area (Å²) in [5.41, 5.74) is 1.19. The second-order valence-corrected chi connectivity index (χ2v) is 7.80. The molecule has 2 fully saturated rings. The fourth-order valence-electron chi connectivity index (χ4n) is 3.90. The van der Waals surface area contributed by atoms with E-state index in [0.29, 0.717) is 12.6 Å². The summed E-state index contributed by atoms with van der Waals surface area (Å²) in [5, 5.41) is 16.2. The van der Waals surface area contributed by atoms with Gasteiger partial charge in [-0.15, -0.1) is 11.3 Å². The van der Waals surface area contributed by atoms with Gasteiger partial charge in [0.1, 0.15) is 6.04 Å². The second kappa shape index (κ2) is 7.03. The molecule has 2 aromatic rings. The standard InChI is InChI=1S/C19H22N4OS/c20-11-16-4-2-8-23(16)18(24)13-22-9-6-15(12-22)21-17-5-1-3-14-7-10-25-19(14)17/h1,3,5,7,10,15-16,21H,2,4,6,8-9,12-13H2/t15-,16-/m0/s1. The van der Waals surface area contributed by atoms with E-state index in [1.54, 1.807) is 16.2 Å². The summed E-state index contributed by atoms with van der Waals surface area (Å²) in [7, 11) is 0. The van der Waals surface area contributed by atoms with E-state index in [1.807, 2.05) is 0 Å². The van der Waals surface area contributed by atoms with Gasteiger partial charge < -0.3 is 10.2 Å². The van der Waals surface area contributed by atoms with Gasteiger partial charge in [-0.05, 0) is 42.2 Å². The van der Waals surface area contributed by atoms with Crippen molar-refractivity contribution in [3.05, 3.63) is 29.6 Å². The molecule has 0 unspecified atom stereocenters. The Balaban J connectivity index is 1.35. The number of benzene rings is 1. The van der Waals surface area contributed by atoms with Crippen LogP contribution in [0.15, 0.2) is 29.6 Å². The minimum Gasteiger partial charge on any atom is -0.380 e. The topological polar surface area (TPSA) is 59.4 Å². The van der Waals surface area contributed by atoms with E-state index in [0.717, 1.165) is 38.9 Å². The molecule has 4 rings (SSSR count). The van der Waals surface area contributed by atoms with Crippen LogP contribution in [0.2, 0.25) is 0 Å². The number of nitriles is 1. The summed E-state index contributed by atoms with van der Waals surface area (Å²) < 4.78 is 1.30. The number of rotatable bonds is 4. The molecule has 1 aromatic heterocycles. The molecule has 25 heavy (non-hydrogen) atoms. The molecule has 1 amide bonds. The van der Waals surface area contributed by atoms with Crippen LogP contribution >= 0.6 is 11.3 Å². The predicted molar refractivity (Wildman–Crippen MR) is 101 cm³/mol. The van der Waals surface area contributed by atoms with Gasteiger partial charge in [-0.1, -0.05) is 12.1 Å². The van der Waals surface area contributed by atoms with Crippen LogP contribution < -0.4 is 5.32 Å². The number of hydrogen-bond acceptors (Lipinski definition) is 5. The number of anilines is 1. The van der Waals surface area contributed by atoms with Crippen molar-refractivity contribution >= 4 is 33.0 Å². The Morgan fingerprint density at radius 3 is 3.12 bits per heavy atom. The fraction of sp³-hybridized carbons (Fsp3) is 0.474. The van der Waals surface area contributed by atoms with Crippen molar-refractivity contribution in [2.45, 2.75) is 31.3 Å². The van der Waals surface area contributed by atoms with E-state index < -0.39 is 0 Å². The Morgan fingerprint density at radius 2 is 2.24 bits per heavy atom. The van der Waals surface area contributed by atoms with E-state index in [4.69, 9.17) is 5.26 Å². The lowest BCUT2D eigenvalue weighted by Crippen LogP contribution is -2.42. The molecule has 130 valence electrons. The minimum absolute atomic E-state index is 0.102. The average molecular weight is 354 g/mol.